The summed E-state index contributed by atoms with van der Waals surface area (Å²) in [7, 11) is 1.91. The Morgan fingerprint density at radius 3 is 2.22 bits per heavy atom. The summed E-state index contributed by atoms with van der Waals surface area (Å²) in [4.78, 5) is 0. The Morgan fingerprint density at radius 2 is 1.78 bits per heavy atom. The molecule has 1 atom stereocenters. The van der Waals surface area contributed by atoms with Gasteiger partial charge in [0, 0.05) is 16.1 Å². The van der Waals surface area contributed by atoms with Gasteiger partial charge in [0.2, 0.25) is 0 Å². The second-order valence-corrected chi connectivity index (χ2v) is 7.27. The molecule has 1 fully saturated rings. The molecule has 0 aliphatic heterocycles. The van der Waals surface area contributed by atoms with E-state index < -0.39 is 0 Å². The smallest absolute Gasteiger partial charge is 0.128 e. The fourth-order valence-corrected chi connectivity index (χ4v) is 3.71. The zero-order chi connectivity index (χ0) is 13.7. The van der Waals surface area contributed by atoms with E-state index in [0.717, 1.165) is 10.0 Å². The normalized spacial score (nSPS) is 22.8. The maximum atomic E-state index is 14.0. The van der Waals surface area contributed by atoms with E-state index in [1.165, 1.54) is 6.07 Å². The Bertz CT molecular complexity index is 454. The molecule has 100 valence electrons. The summed E-state index contributed by atoms with van der Waals surface area (Å²) in [5.41, 5.74) is 1.22. The van der Waals surface area contributed by atoms with E-state index in [0.29, 0.717) is 5.92 Å². The molecule has 2 rings (SSSR count). The van der Waals surface area contributed by atoms with Gasteiger partial charge in [-0.15, -0.1) is 0 Å². The molecule has 0 aromatic heterocycles. The molecule has 0 bridgehead atoms. The van der Waals surface area contributed by atoms with Gasteiger partial charge in [0.15, 0.2) is 0 Å². The van der Waals surface area contributed by atoms with E-state index in [1.54, 1.807) is 6.07 Å². The summed E-state index contributed by atoms with van der Waals surface area (Å²) in [5, 5.41) is 3.30. The lowest BCUT2D eigenvalue weighted by atomic mass is 9.96. The number of halogens is 2. The van der Waals surface area contributed by atoms with Gasteiger partial charge in [0.1, 0.15) is 5.82 Å². The third-order valence-corrected chi connectivity index (χ3v) is 5.56. The molecule has 1 unspecified atom stereocenters. The van der Waals surface area contributed by atoms with Crippen molar-refractivity contribution >= 4 is 15.9 Å². The molecule has 1 N–H and O–H groups in total. The van der Waals surface area contributed by atoms with Crippen LogP contribution < -0.4 is 5.32 Å². The van der Waals surface area contributed by atoms with Gasteiger partial charge in [0.25, 0.3) is 0 Å². The summed E-state index contributed by atoms with van der Waals surface area (Å²) in [6, 6.07) is 5.23. The van der Waals surface area contributed by atoms with Crippen LogP contribution in [0.5, 0.6) is 0 Å². The van der Waals surface area contributed by atoms with E-state index in [9.17, 15) is 4.39 Å². The second-order valence-electron chi connectivity index (χ2n) is 6.35. The standard InChI is InChI=1S/C15H21BrFN/c1-14(2)13(15(14,3)4)12(18-5)10-8-9(16)6-7-11(10)17/h6-8,12-13,18H,1-5H3. The van der Waals surface area contributed by atoms with E-state index in [4.69, 9.17) is 0 Å². The number of hydrogen-bond donors (Lipinski definition) is 1. The minimum Gasteiger partial charge on any atom is -0.313 e. The molecule has 0 amide bonds. The van der Waals surface area contributed by atoms with Crippen LogP contribution in [0.25, 0.3) is 0 Å². The minimum atomic E-state index is -0.129. The number of nitrogens with one attached hydrogen (secondary N) is 1. The molecule has 1 aliphatic carbocycles. The van der Waals surface area contributed by atoms with E-state index in [1.807, 2.05) is 13.1 Å². The minimum absolute atomic E-state index is 0.0625. The van der Waals surface area contributed by atoms with Crippen LogP contribution in [0.2, 0.25) is 0 Å². The average molecular weight is 314 g/mol. The topological polar surface area (TPSA) is 12.0 Å². The van der Waals surface area contributed by atoms with E-state index in [-0.39, 0.29) is 22.7 Å². The first kappa shape index (κ1) is 14.0. The Balaban J connectivity index is 2.39. The van der Waals surface area contributed by atoms with Gasteiger partial charge >= 0.3 is 0 Å². The highest BCUT2D eigenvalue weighted by molar-refractivity contribution is 9.10. The highest BCUT2D eigenvalue weighted by Gasteiger charge is 2.67. The average Bonchev–Trinajstić information content (AvgIpc) is 2.67. The maximum absolute atomic E-state index is 14.0. The van der Waals surface area contributed by atoms with Crippen molar-refractivity contribution in [2.45, 2.75) is 33.7 Å². The molecule has 1 saturated carbocycles. The Labute approximate surface area is 117 Å². The van der Waals surface area contributed by atoms with Crippen molar-refractivity contribution in [3.63, 3.8) is 0 Å². The monoisotopic (exact) mass is 313 g/mol. The first-order chi connectivity index (χ1) is 8.23. The van der Waals surface area contributed by atoms with Crippen molar-refractivity contribution in [3.8, 4) is 0 Å². The SMILES string of the molecule is CNC(c1cc(Br)ccc1F)C1C(C)(C)C1(C)C. The van der Waals surface area contributed by atoms with Crippen LogP contribution in [-0.4, -0.2) is 7.05 Å². The molecular weight excluding hydrogens is 293 g/mol. The summed E-state index contributed by atoms with van der Waals surface area (Å²) in [5.74, 6) is 0.315. The first-order valence-electron chi connectivity index (χ1n) is 6.35. The van der Waals surface area contributed by atoms with Crippen LogP contribution in [-0.2, 0) is 0 Å². The first-order valence-corrected chi connectivity index (χ1v) is 7.15. The fraction of sp³-hybridized carbons (Fsp3) is 0.600. The van der Waals surface area contributed by atoms with E-state index in [2.05, 4.69) is 48.9 Å². The summed E-state index contributed by atoms with van der Waals surface area (Å²) < 4.78 is 15.0. The zero-order valence-corrected chi connectivity index (χ0v) is 13.2. The molecule has 0 saturated heterocycles. The van der Waals surface area contributed by atoms with Crippen LogP contribution in [0.1, 0.15) is 39.3 Å². The van der Waals surface area contributed by atoms with Crippen molar-refractivity contribution in [2.24, 2.45) is 16.7 Å². The van der Waals surface area contributed by atoms with E-state index >= 15 is 0 Å². The quantitative estimate of drug-likeness (QED) is 0.864. The van der Waals surface area contributed by atoms with Crippen molar-refractivity contribution in [1.29, 1.82) is 0 Å². The lowest BCUT2D eigenvalue weighted by Crippen LogP contribution is -2.22. The van der Waals surface area contributed by atoms with Crippen LogP contribution in [0, 0.1) is 22.6 Å². The van der Waals surface area contributed by atoms with Crippen molar-refractivity contribution < 1.29 is 4.39 Å². The number of rotatable bonds is 3. The van der Waals surface area contributed by atoms with Gasteiger partial charge in [-0.25, -0.2) is 4.39 Å². The van der Waals surface area contributed by atoms with Crippen LogP contribution in [0.4, 0.5) is 4.39 Å². The summed E-state index contributed by atoms with van der Waals surface area (Å²) >= 11 is 3.43. The van der Waals surface area contributed by atoms with Crippen molar-refractivity contribution in [2.75, 3.05) is 7.05 Å². The molecule has 0 heterocycles. The van der Waals surface area contributed by atoms with Gasteiger partial charge in [-0.3, -0.25) is 0 Å². The van der Waals surface area contributed by atoms with Gasteiger partial charge in [-0.05, 0) is 42.0 Å². The Kier molecular flexibility index (Phi) is 3.35. The molecule has 1 aromatic rings. The lowest BCUT2D eigenvalue weighted by Gasteiger charge is -2.20. The predicted octanol–water partition coefficient (Wildman–Crippen LogP) is 4.53. The largest absolute Gasteiger partial charge is 0.313 e. The molecular formula is C15H21BrFN. The Morgan fingerprint density at radius 1 is 1.22 bits per heavy atom. The van der Waals surface area contributed by atoms with Crippen LogP contribution >= 0.6 is 15.9 Å². The molecule has 3 heteroatoms. The maximum Gasteiger partial charge on any atom is 0.128 e. The van der Waals surface area contributed by atoms with Gasteiger partial charge < -0.3 is 5.32 Å². The third-order valence-electron chi connectivity index (χ3n) is 5.07. The lowest BCUT2D eigenvalue weighted by molar-refractivity contribution is 0.421. The van der Waals surface area contributed by atoms with Gasteiger partial charge in [0.05, 0.1) is 0 Å². The van der Waals surface area contributed by atoms with Gasteiger partial charge in [-0.2, -0.15) is 0 Å². The highest BCUT2D eigenvalue weighted by Crippen LogP contribution is 2.72. The molecule has 1 aromatic carbocycles. The number of benzene rings is 1. The fourth-order valence-electron chi connectivity index (χ4n) is 3.34. The molecule has 18 heavy (non-hydrogen) atoms. The van der Waals surface area contributed by atoms with Crippen molar-refractivity contribution in [3.05, 3.63) is 34.1 Å². The zero-order valence-electron chi connectivity index (χ0n) is 11.6. The summed E-state index contributed by atoms with van der Waals surface area (Å²) in [6.45, 7) is 9.05. The Hall–Kier alpha value is -0.410. The molecule has 1 aliphatic rings. The van der Waals surface area contributed by atoms with Crippen LogP contribution in [0.3, 0.4) is 0 Å². The number of hydrogen-bond acceptors (Lipinski definition) is 1. The highest BCUT2D eigenvalue weighted by atomic mass is 79.9. The molecule has 0 radical (unpaired) electrons. The summed E-state index contributed by atoms with van der Waals surface area (Å²) in [6.07, 6.45) is 0. The molecule has 0 spiro atoms. The van der Waals surface area contributed by atoms with Gasteiger partial charge in [-0.1, -0.05) is 43.6 Å². The van der Waals surface area contributed by atoms with Crippen LogP contribution in [0.15, 0.2) is 22.7 Å². The third kappa shape index (κ3) is 1.92. The second kappa shape index (κ2) is 4.31. The predicted molar refractivity (Wildman–Crippen MR) is 77.0 cm³/mol. The molecule has 1 nitrogen and oxygen atoms in total. The van der Waals surface area contributed by atoms with Crippen molar-refractivity contribution in [1.82, 2.24) is 5.32 Å².